The molecule has 1 N–H and O–H groups in total. The Bertz CT molecular complexity index is 600. The van der Waals surface area contributed by atoms with Gasteiger partial charge in [-0.25, -0.2) is 5.43 Å². The molecule has 0 heterocycles. The van der Waals surface area contributed by atoms with E-state index in [1.54, 1.807) is 24.3 Å². The van der Waals surface area contributed by atoms with Crippen molar-refractivity contribution in [1.82, 2.24) is 5.43 Å². The Balaban J connectivity index is 1.79. The Kier molecular flexibility index (Phi) is 5.15. The first kappa shape index (κ1) is 14.1. The lowest BCUT2D eigenvalue weighted by Crippen LogP contribution is -2.24. The number of ether oxygens (including phenoxy) is 1. The molecule has 0 radical (unpaired) electrons. The molecule has 0 spiro atoms. The van der Waals surface area contributed by atoms with Crippen LogP contribution in [0.2, 0.25) is 5.02 Å². The van der Waals surface area contributed by atoms with E-state index in [-0.39, 0.29) is 12.5 Å². The number of carbonyl (C=O) groups is 1. The summed E-state index contributed by atoms with van der Waals surface area (Å²) in [6.45, 7) is -0.0934. The van der Waals surface area contributed by atoms with Gasteiger partial charge in [0, 0.05) is 10.6 Å². The molecular weight excluding hydrogens is 276 g/mol. The second-order valence-corrected chi connectivity index (χ2v) is 4.32. The van der Waals surface area contributed by atoms with Crippen LogP contribution in [0.3, 0.4) is 0 Å². The van der Waals surface area contributed by atoms with Crippen molar-refractivity contribution in [3.8, 4) is 5.75 Å². The Morgan fingerprint density at radius 2 is 1.85 bits per heavy atom. The van der Waals surface area contributed by atoms with Crippen LogP contribution >= 0.6 is 11.6 Å². The summed E-state index contributed by atoms with van der Waals surface area (Å²) in [7, 11) is 0. The lowest BCUT2D eigenvalue weighted by atomic mass is 10.2. The normalized spacial score (nSPS) is 10.4. The van der Waals surface area contributed by atoms with Crippen LogP contribution in [0.1, 0.15) is 5.56 Å². The quantitative estimate of drug-likeness (QED) is 0.679. The molecule has 0 aromatic heterocycles. The maximum Gasteiger partial charge on any atom is 0.277 e. The van der Waals surface area contributed by atoms with Crippen LogP contribution in [0.25, 0.3) is 0 Å². The van der Waals surface area contributed by atoms with E-state index >= 15 is 0 Å². The van der Waals surface area contributed by atoms with Gasteiger partial charge in [-0.3, -0.25) is 4.79 Å². The fourth-order valence-electron chi connectivity index (χ4n) is 1.45. The van der Waals surface area contributed by atoms with Crippen LogP contribution in [0.15, 0.2) is 59.7 Å². The molecule has 20 heavy (non-hydrogen) atoms. The van der Waals surface area contributed by atoms with Gasteiger partial charge in [0.05, 0.1) is 6.21 Å². The molecule has 0 saturated carbocycles. The molecule has 2 aromatic rings. The van der Waals surface area contributed by atoms with Gasteiger partial charge < -0.3 is 4.74 Å². The van der Waals surface area contributed by atoms with Crippen molar-refractivity contribution in [2.45, 2.75) is 0 Å². The Morgan fingerprint density at radius 3 is 2.60 bits per heavy atom. The smallest absolute Gasteiger partial charge is 0.277 e. The highest BCUT2D eigenvalue weighted by Gasteiger charge is 2.00. The van der Waals surface area contributed by atoms with Crippen LogP contribution in [-0.4, -0.2) is 18.7 Å². The Labute approximate surface area is 122 Å². The number of nitrogens with one attached hydrogen (secondary N) is 1. The number of amides is 1. The fourth-order valence-corrected chi connectivity index (χ4v) is 1.64. The minimum Gasteiger partial charge on any atom is -0.484 e. The van der Waals surface area contributed by atoms with Gasteiger partial charge in [0.25, 0.3) is 5.91 Å². The highest BCUT2D eigenvalue weighted by Crippen LogP contribution is 2.12. The topological polar surface area (TPSA) is 50.7 Å². The largest absolute Gasteiger partial charge is 0.484 e. The molecule has 0 aliphatic heterocycles. The number of halogens is 1. The number of hydrogen-bond acceptors (Lipinski definition) is 3. The number of nitrogens with zero attached hydrogens (tertiary/aromatic N) is 1. The van der Waals surface area contributed by atoms with Crippen molar-refractivity contribution < 1.29 is 9.53 Å². The minimum absolute atomic E-state index is 0.0934. The summed E-state index contributed by atoms with van der Waals surface area (Å²) in [5.41, 5.74) is 3.11. The number of carbonyl (C=O) groups excluding carboxylic acids is 1. The molecule has 0 fully saturated rings. The van der Waals surface area contributed by atoms with Crippen LogP contribution in [0.5, 0.6) is 5.75 Å². The van der Waals surface area contributed by atoms with Gasteiger partial charge in [-0.15, -0.1) is 0 Å². The summed E-state index contributed by atoms with van der Waals surface area (Å²) >= 11 is 5.95. The van der Waals surface area contributed by atoms with Crippen LogP contribution in [0.4, 0.5) is 0 Å². The fraction of sp³-hybridized carbons (Fsp3) is 0.0667. The van der Waals surface area contributed by atoms with Crippen molar-refractivity contribution in [2.75, 3.05) is 6.61 Å². The third kappa shape index (κ3) is 4.40. The minimum atomic E-state index is -0.336. The van der Waals surface area contributed by atoms with Crippen molar-refractivity contribution >= 4 is 23.7 Å². The predicted octanol–water partition coefficient (Wildman–Crippen LogP) is 2.87. The third-order valence-electron chi connectivity index (χ3n) is 2.41. The lowest BCUT2D eigenvalue weighted by molar-refractivity contribution is -0.123. The average molecular weight is 289 g/mol. The van der Waals surface area contributed by atoms with Crippen LogP contribution in [-0.2, 0) is 4.79 Å². The van der Waals surface area contributed by atoms with Gasteiger partial charge >= 0.3 is 0 Å². The molecule has 5 heteroatoms. The highest BCUT2D eigenvalue weighted by molar-refractivity contribution is 6.33. The zero-order chi connectivity index (χ0) is 14.2. The van der Waals surface area contributed by atoms with E-state index in [4.69, 9.17) is 16.3 Å². The van der Waals surface area contributed by atoms with Crippen LogP contribution < -0.4 is 10.2 Å². The summed E-state index contributed by atoms with van der Waals surface area (Å²) in [6, 6.07) is 16.3. The summed E-state index contributed by atoms with van der Waals surface area (Å²) in [6.07, 6.45) is 1.49. The molecule has 0 atom stereocenters. The molecule has 0 saturated heterocycles. The second-order valence-electron chi connectivity index (χ2n) is 3.92. The first-order valence-corrected chi connectivity index (χ1v) is 6.38. The van der Waals surface area contributed by atoms with E-state index in [0.29, 0.717) is 10.8 Å². The maximum absolute atomic E-state index is 11.5. The third-order valence-corrected chi connectivity index (χ3v) is 2.76. The predicted molar refractivity (Wildman–Crippen MR) is 79.1 cm³/mol. The summed E-state index contributed by atoms with van der Waals surface area (Å²) in [4.78, 5) is 11.5. The van der Waals surface area contributed by atoms with Gasteiger partial charge in [-0.1, -0.05) is 48.0 Å². The molecule has 102 valence electrons. The van der Waals surface area contributed by atoms with Crippen molar-refractivity contribution in [3.05, 3.63) is 65.2 Å². The molecule has 1 amide bonds. The summed E-state index contributed by atoms with van der Waals surface area (Å²) in [5.74, 6) is 0.301. The van der Waals surface area contributed by atoms with Gasteiger partial charge in [-0.05, 0) is 18.2 Å². The first-order chi connectivity index (χ1) is 9.75. The Hall–Kier alpha value is -2.33. The monoisotopic (exact) mass is 288 g/mol. The van der Waals surface area contributed by atoms with Gasteiger partial charge in [0.1, 0.15) is 5.75 Å². The number of benzene rings is 2. The van der Waals surface area contributed by atoms with E-state index < -0.39 is 0 Å². The van der Waals surface area contributed by atoms with Gasteiger partial charge in [0.15, 0.2) is 6.61 Å². The molecule has 0 aliphatic rings. The van der Waals surface area contributed by atoms with E-state index in [1.165, 1.54) is 6.21 Å². The van der Waals surface area contributed by atoms with E-state index in [0.717, 1.165) is 5.56 Å². The van der Waals surface area contributed by atoms with Crippen molar-refractivity contribution in [2.24, 2.45) is 5.10 Å². The summed E-state index contributed by atoms with van der Waals surface area (Å²) < 4.78 is 5.28. The van der Waals surface area contributed by atoms with Crippen LogP contribution in [0, 0.1) is 0 Å². The lowest BCUT2D eigenvalue weighted by Gasteiger charge is -2.04. The van der Waals surface area contributed by atoms with Crippen molar-refractivity contribution in [3.63, 3.8) is 0 Å². The van der Waals surface area contributed by atoms with Crippen molar-refractivity contribution in [1.29, 1.82) is 0 Å². The molecule has 0 bridgehead atoms. The molecule has 0 unspecified atom stereocenters. The number of hydrazone groups is 1. The SMILES string of the molecule is O=C(COc1ccccc1)NN=Cc1ccccc1Cl. The van der Waals surface area contributed by atoms with E-state index in [1.807, 2.05) is 30.3 Å². The average Bonchev–Trinajstić information content (AvgIpc) is 2.48. The second kappa shape index (κ2) is 7.31. The Morgan fingerprint density at radius 1 is 1.15 bits per heavy atom. The zero-order valence-corrected chi connectivity index (χ0v) is 11.4. The molecule has 2 rings (SSSR count). The van der Waals surface area contributed by atoms with Gasteiger partial charge in [0.2, 0.25) is 0 Å². The van der Waals surface area contributed by atoms with E-state index in [9.17, 15) is 4.79 Å². The molecule has 0 aliphatic carbocycles. The van der Waals surface area contributed by atoms with Gasteiger partial charge in [-0.2, -0.15) is 5.10 Å². The molecule has 2 aromatic carbocycles. The standard InChI is InChI=1S/C15H13ClN2O2/c16-14-9-5-4-6-12(14)10-17-18-15(19)11-20-13-7-2-1-3-8-13/h1-10H,11H2,(H,18,19). The van der Waals surface area contributed by atoms with E-state index in [2.05, 4.69) is 10.5 Å². The maximum atomic E-state index is 11.5. The summed E-state index contributed by atoms with van der Waals surface area (Å²) in [5, 5.41) is 4.40. The number of para-hydroxylation sites is 1. The zero-order valence-electron chi connectivity index (χ0n) is 10.6. The molecule has 4 nitrogen and oxygen atoms in total. The number of hydrogen-bond donors (Lipinski definition) is 1. The highest BCUT2D eigenvalue weighted by atomic mass is 35.5. The molecular formula is C15H13ClN2O2. The first-order valence-electron chi connectivity index (χ1n) is 6.00. The number of rotatable bonds is 5.